The van der Waals surface area contributed by atoms with Crippen molar-refractivity contribution >= 4 is 22.4 Å². The Hall–Kier alpha value is -1.95. The number of aryl methyl sites for hydroxylation is 1. The Morgan fingerprint density at radius 1 is 1.53 bits per heavy atom. The lowest BCUT2D eigenvalue weighted by Crippen LogP contribution is -2.07. The topological polar surface area (TPSA) is 62.2 Å². The quantitative estimate of drug-likeness (QED) is 0.900. The number of benzene rings is 1. The summed E-state index contributed by atoms with van der Waals surface area (Å²) in [6.07, 6.45) is 0. The van der Waals surface area contributed by atoms with Gasteiger partial charge in [-0.1, -0.05) is 12.1 Å². The van der Waals surface area contributed by atoms with Gasteiger partial charge in [-0.2, -0.15) is 0 Å². The van der Waals surface area contributed by atoms with Gasteiger partial charge in [0.15, 0.2) is 10.8 Å². The molecule has 0 fully saturated rings. The highest BCUT2D eigenvalue weighted by Gasteiger charge is 2.15. The molecule has 2 rings (SSSR count). The summed E-state index contributed by atoms with van der Waals surface area (Å²) >= 11 is 1.27. The van der Waals surface area contributed by atoms with Gasteiger partial charge in [-0.3, -0.25) is 0 Å². The van der Waals surface area contributed by atoms with E-state index >= 15 is 0 Å². The first-order valence-corrected chi connectivity index (χ1v) is 6.51. The Bertz CT molecular complexity index is 612. The molecule has 1 aromatic heterocycles. The van der Waals surface area contributed by atoms with E-state index in [1.165, 1.54) is 23.5 Å². The van der Waals surface area contributed by atoms with Crippen molar-refractivity contribution < 1.29 is 14.3 Å². The lowest BCUT2D eigenvalue weighted by molar-refractivity contribution is 0.0690. The average Bonchev–Trinajstić information content (AvgIpc) is 2.70. The van der Waals surface area contributed by atoms with Gasteiger partial charge >= 0.3 is 5.97 Å². The van der Waals surface area contributed by atoms with Crippen LogP contribution in [0.3, 0.4) is 0 Å². The molecule has 100 valence electrons. The van der Waals surface area contributed by atoms with Crippen LogP contribution in [0.25, 0.3) is 0 Å². The molecular weight excluding hydrogens is 267 g/mol. The first-order valence-electron chi connectivity index (χ1n) is 5.70. The molecule has 0 aliphatic rings. The Labute approximate surface area is 113 Å². The SMILES string of the molecule is Cc1sc(NC(C)c2cccc(F)c2)nc1C(=O)O. The van der Waals surface area contributed by atoms with E-state index < -0.39 is 5.97 Å². The second kappa shape index (κ2) is 5.36. The summed E-state index contributed by atoms with van der Waals surface area (Å²) < 4.78 is 13.1. The van der Waals surface area contributed by atoms with E-state index in [1.54, 1.807) is 19.1 Å². The normalized spacial score (nSPS) is 12.2. The number of carboxylic acids is 1. The highest BCUT2D eigenvalue weighted by atomic mass is 32.1. The third kappa shape index (κ3) is 3.08. The zero-order valence-corrected chi connectivity index (χ0v) is 11.3. The fourth-order valence-electron chi connectivity index (χ4n) is 1.70. The highest BCUT2D eigenvalue weighted by molar-refractivity contribution is 7.15. The molecule has 0 aliphatic heterocycles. The minimum absolute atomic E-state index is 0.0546. The second-order valence-corrected chi connectivity index (χ2v) is 5.35. The number of hydrogen-bond acceptors (Lipinski definition) is 4. The van der Waals surface area contributed by atoms with Crippen LogP contribution in [-0.4, -0.2) is 16.1 Å². The maximum Gasteiger partial charge on any atom is 0.355 e. The van der Waals surface area contributed by atoms with E-state index in [0.29, 0.717) is 10.0 Å². The zero-order chi connectivity index (χ0) is 14.0. The van der Waals surface area contributed by atoms with Crippen LogP contribution in [0.2, 0.25) is 0 Å². The molecule has 1 aromatic carbocycles. The molecule has 2 aromatic rings. The molecule has 0 saturated heterocycles. The third-order valence-electron chi connectivity index (χ3n) is 2.69. The van der Waals surface area contributed by atoms with Crippen molar-refractivity contribution in [2.75, 3.05) is 5.32 Å². The summed E-state index contributed by atoms with van der Waals surface area (Å²) in [5, 5.41) is 12.5. The predicted molar refractivity (Wildman–Crippen MR) is 72.2 cm³/mol. The molecule has 0 radical (unpaired) electrons. The molecule has 0 bridgehead atoms. The van der Waals surface area contributed by atoms with Crippen LogP contribution in [0.15, 0.2) is 24.3 Å². The van der Waals surface area contributed by atoms with Gasteiger partial charge in [0, 0.05) is 4.88 Å². The van der Waals surface area contributed by atoms with Gasteiger partial charge in [-0.15, -0.1) is 11.3 Å². The summed E-state index contributed by atoms with van der Waals surface area (Å²) in [5.41, 5.74) is 0.837. The van der Waals surface area contributed by atoms with Gasteiger partial charge in [-0.25, -0.2) is 14.2 Å². The fraction of sp³-hybridized carbons (Fsp3) is 0.231. The molecule has 0 aliphatic carbocycles. The van der Waals surface area contributed by atoms with Crippen LogP contribution in [-0.2, 0) is 0 Å². The van der Waals surface area contributed by atoms with Crippen LogP contribution < -0.4 is 5.32 Å². The van der Waals surface area contributed by atoms with Crippen molar-refractivity contribution in [3.63, 3.8) is 0 Å². The number of aromatic carboxylic acids is 1. The van der Waals surface area contributed by atoms with E-state index in [-0.39, 0.29) is 17.6 Å². The van der Waals surface area contributed by atoms with Gasteiger partial charge in [0.25, 0.3) is 0 Å². The molecule has 19 heavy (non-hydrogen) atoms. The molecule has 4 nitrogen and oxygen atoms in total. The third-order valence-corrected chi connectivity index (χ3v) is 3.59. The van der Waals surface area contributed by atoms with Gasteiger partial charge in [0.1, 0.15) is 5.82 Å². The first kappa shape index (κ1) is 13.5. The van der Waals surface area contributed by atoms with Crippen molar-refractivity contribution in [2.45, 2.75) is 19.9 Å². The van der Waals surface area contributed by atoms with Crippen LogP contribution >= 0.6 is 11.3 Å². The number of hydrogen-bond donors (Lipinski definition) is 2. The maximum absolute atomic E-state index is 13.1. The Morgan fingerprint density at radius 2 is 2.26 bits per heavy atom. The van der Waals surface area contributed by atoms with Crippen LogP contribution in [0.1, 0.15) is 33.9 Å². The molecule has 1 atom stereocenters. The minimum atomic E-state index is -1.04. The molecule has 2 N–H and O–H groups in total. The lowest BCUT2D eigenvalue weighted by atomic mass is 10.1. The van der Waals surface area contributed by atoms with Gasteiger partial charge in [0.05, 0.1) is 6.04 Å². The number of nitrogens with one attached hydrogen (secondary N) is 1. The number of nitrogens with zero attached hydrogens (tertiary/aromatic N) is 1. The van der Waals surface area contributed by atoms with E-state index in [9.17, 15) is 9.18 Å². The largest absolute Gasteiger partial charge is 0.476 e. The summed E-state index contributed by atoms with van der Waals surface area (Å²) in [7, 11) is 0. The number of rotatable bonds is 4. The van der Waals surface area contributed by atoms with Crippen molar-refractivity contribution in [1.29, 1.82) is 0 Å². The van der Waals surface area contributed by atoms with Gasteiger partial charge in [0.2, 0.25) is 0 Å². The van der Waals surface area contributed by atoms with Crippen molar-refractivity contribution in [3.8, 4) is 0 Å². The maximum atomic E-state index is 13.1. The lowest BCUT2D eigenvalue weighted by Gasteiger charge is -2.13. The predicted octanol–water partition coefficient (Wildman–Crippen LogP) is 3.46. The molecule has 0 saturated carbocycles. The Balaban J connectivity index is 2.17. The number of halogens is 1. The van der Waals surface area contributed by atoms with Crippen LogP contribution in [0, 0.1) is 12.7 Å². The van der Waals surface area contributed by atoms with E-state index in [4.69, 9.17) is 5.11 Å². The number of anilines is 1. The van der Waals surface area contributed by atoms with E-state index in [1.807, 2.05) is 6.92 Å². The van der Waals surface area contributed by atoms with Crippen molar-refractivity contribution in [2.24, 2.45) is 0 Å². The molecule has 6 heteroatoms. The number of aromatic nitrogens is 1. The average molecular weight is 280 g/mol. The van der Waals surface area contributed by atoms with Crippen molar-refractivity contribution in [1.82, 2.24) is 4.98 Å². The monoisotopic (exact) mass is 280 g/mol. The van der Waals surface area contributed by atoms with Crippen LogP contribution in [0.4, 0.5) is 9.52 Å². The molecule has 1 heterocycles. The smallest absolute Gasteiger partial charge is 0.355 e. The van der Waals surface area contributed by atoms with E-state index in [2.05, 4.69) is 10.3 Å². The molecular formula is C13H13FN2O2S. The van der Waals surface area contributed by atoms with Crippen LogP contribution in [0.5, 0.6) is 0 Å². The number of carbonyl (C=O) groups is 1. The Kier molecular flexibility index (Phi) is 3.80. The van der Waals surface area contributed by atoms with Crippen molar-refractivity contribution in [3.05, 3.63) is 46.2 Å². The summed E-state index contributed by atoms with van der Waals surface area (Å²) in [6, 6.07) is 6.11. The Morgan fingerprint density at radius 3 is 2.84 bits per heavy atom. The molecule has 0 spiro atoms. The summed E-state index contributed by atoms with van der Waals surface area (Å²) in [5.74, 6) is -1.34. The summed E-state index contributed by atoms with van der Waals surface area (Å²) in [6.45, 7) is 3.57. The second-order valence-electron chi connectivity index (χ2n) is 4.15. The number of thiazole rings is 1. The van der Waals surface area contributed by atoms with E-state index in [0.717, 1.165) is 5.56 Å². The number of carboxylic acid groups (broad SMARTS) is 1. The standard InChI is InChI=1S/C13H13FN2O2S/c1-7(9-4-3-5-10(14)6-9)15-13-16-11(12(17)18)8(2)19-13/h3-7H,1-2H3,(H,15,16)(H,17,18). The molecule has 1 unspecified atom stereocenters. The summed E-state index contributed by atoms with van der Waals surface area (Å²) in [4.78, 5) is 15.6. The highest BCUT2D eigenvalue weighted by Crippen LogP contribution is 2.26. The van der Waals surface area contributed by atoms with Gasteiger partial charge < -0.3 is 10.4 Å². The van der Waals surface area contributed by atoms with Gasteiger partial charge in [-0.05, 0) is 31.5 Å². The minimum Gasteiger partial charge on any atom is -0.476 e. The zero-order valence-electron chi connectivity index (χ0n) is 10.5. The molecule has 0 amide bonds. The fourth-order valence-corrected chi connectivity index (χ4v) is 2.59. The first-order chi connectivity index (χ1) is 8.97.